The van der Waals surface area contributed by atoms with Crippen molar-refractivity contribution in [2.45, 2.75) is 32.7 Å². The summed E-state index contributed by atoms with van der Waals surface area (Å²) >= 11 is 3.35. The van der Waals surface area contributed by atoms with E-state index in [0.717, 1.165) is 23.7 Å². The molecule has 0 atom stereocenters. The van der Waals surface area contributed by atoms with Crippen molar-refractivity contribution in [3.8, 4) is 0 Å². The molecule has 1 aromatic rings. The minimum Gasteiger partial charge on any atom is -0.352 e. The molecule has 0 radical (unpaired) electrons. The normalized spacial score (nSPS) is 10.1. The fraction of sp³-hybridized carbons (Fsp3) is 0.462. The third-order valence-electron chi connectivity index (χ3n) is 2.36. The number of nitrogens with one attached hydrogen (secondary N) is 1. The number of aryl methyl sites for hydroxylation is 1. The Morgan fingerprint density at radius 1 is 1.38 bits per heavy atom. The van der Waals surface area contributed by atoms with Gasteiger partial charge in [0.05, 0.1) is 0 Å². The van der Waals surface area contributed by atoms with Crippen molar-refractivity contribution >= 4 is 21.8 Å². The molecule has 2 nitrogen and oxygen atoms in total. The maximum absolute atomic E-state index is 11.4. The molecule has 0 aliphatic carbocycles. The molecule has 1 N–H and O–H groups in total. The number of amides is 1. The third kappa shape index (κ3) is 5.31. The minimum atomic E-state index is 0.141. The van der Waals surface area contributed by atoms with Crippen LogP contribution in [-0.4, -0.2) is 11.2 Å². The van der Waals surface area contributed by atoms with Gasteiger partial charge in [-0.1, -0.05) is 45.8 Å². The van der Waals surface area contributed by atoms with Gasteiger partial charge in [-0.2, -0.15) is 0 Å². The van der Waals surface area contributed by atoms with Gasteiger partial charge < -0.3 is 5.32 Å². The molecule has 0 aliphatic heterocycles. The Bertz CT molecular complexity index is 338. The monoisotopic (exact) mass is 283 g/mol. The second-order valence-electron chi connectivity index (χ2n) is 3.91. The lowest BCUT2D eigenvalue weighted by molar-refractivity contribution is -0.121. The molecule has 0 heterocycles. The second-order valence-corrected chi connectivity index (χ2v) is 4.70. The third-order valence-corrected chi connectivity index (χ3v) is 2.92. The largest absolute Gasteiger partial charge is 0.352 e. The molecule has 3 heteroatoms. The van der Waals surface area contributed by atoms with E-state index in [2.05, 4.69) is 40.3 Å². The standard InChI is InChI=1S/C13H18BrNO/c1-11-5-4-6-12(9-11)10-15-13(16)7-2-3-8-14/h4-6,9H,2-3,7-8,10H2,1H3,(H,15,16). The highest BCUT2D eigenvalue weighted by Crippen LogP contribution is 2.04. The van der Waals surface area contributed by atoms with Crippen LogP contribution in [0.4, 0.5) is 0 Å². The van der Waals surface area contributed by atoms with E-state index in [4.69, 9.17) is 0 Å². The van der Waals surface area contributed by atoms with Crippen LogP contribution in [0.3, 0.4) is 0 Å². The number of carbonyl (C=O) groups excluding carboxylic acids is 1. The smallest absolute Gasteiger partial charge is 0.220 e. The number of hydrogen-bond donors (Lipinski definition) is 1. The van der Waals surface area contributed by atoms with Gasteiger partial charge >= 0.3 is 0 Å². The molecule has 0 aromatic heterocycles. The van der Waals surface area contributed by atoms with Crippen molar-refractivity contribution < 1.29 is 4.79 Å². The van der Waals surface area contributed by atoms with Gasteiger partial charge in [-0.15, -0.1) is 0 Å². The summed E-state index contributed by atoms with van der Waals surface area (Å²) in [5.74, 6) is 0.141. The van der Waals surface area contributed by atoms with Crippen LogP contribution in [0.1, 0.15) is 30.4 Å². The fourth-order valence-electron chi connectivity index (χ4n) is 1.49. The molecule has 0 unspecified atom stereocenters. The van der Waals surface area contributed by atoms with E-state index in [0.29, 0.717) is 13.0 Å². The van der Waals surface area contributed by atoms with Gasteiger partial charge in [0.15, 0.2) is 0 Å². The van der Waals surface area contributed by atoms with Gasteiger partial charge in [0, 0.05) is 18.3 Å². The zero-order valence-corrected chi connectivity index (χ0v) is 11.2. The second kappa shape index (κ2) is 7.44. The van der Waals surface area contributed by atoms with Crippen molar-refractivity contribution in [3.05, 3.63) is 35.4 Å². The highest BCUT2D eigenvalue weighted by atomic mass is 79.9. The van der Waals surface area contributed by atoms with Crippen molar-refractivity contribution in [2.75, 3.05) is 5.33 Å². The Kier molecular flexibility index (Phi) is 6.16. The first kappa shape index (κ1) is 13.2. The molecule has 1 amide bonds. The molecular weight excluding hydrogens is 266 g/mol. The van der Waals surface area contributed by atoms with Gasteiger partial charge in [0.25, 0.3) is 0 Å². The number of carbonyl (C=O) groups is 1. The van der Waals surface area contributed by atoms with E-state index >= 15 is 0 Å². The summed E-state index contributed by atoms with van der Waals surface area (Å²) in [5, 5.41) is 3.90. The van der Waals surface area contributed by atoms with Crippen LogP contribution in [0.15, 0.2) is 24.3 Å². The highest BCUT2D eigenvalue weighted by Gasteiger charge is 2.00. The SMILES string of the molecule is Cc1cccc(CNC(=O)CCCCBr)c1. The Labute approximate surface area is 106 Å². The molecule has 0 fully saturated rings. The van der Waals surface area contributed by atoms with Crippen LogP contribution < -0.4 is 5.32 Å². The Hall–Kier alpha value is -0.830. The first-order valence-electron chi connectivity index (χ1n) is 5.60. The van der Waals surface area contributed by atoms with E-state index < -0.39 is 0 Å². The Morgan fingerprint density at radius 3 is 2.88 bits per heavy atom. The van der Waals surface area contributed by atoms with Crippen molar-refractivity contribution in [2.24, 2.45) is 0 Å². The Morgan fingerprint density at radius 2 is 2.19 bits per heavy atom. The molecule has 1 rings (SSSR count). The topological polar surface area (TPSA) is 29.1 Å². The molecule has 1 aromatic carbocycles. The van der Waals surface area contributed by atoms with Crippen molar-refractivity contribution in [3.63, 3.8) is 0 Å². The molecule has 0 saturated heterocycles. The van der Waals surface area contributed by atoms with Gasteiger partial charge in [0.2, 0.25) is 5.91 Å². The van der Waals surface area contributed by atoms with Crippen LogP contribution in [0, 0.1) is 6.92 Å². The zero-order valence-electron chi connectivity index (χ0n) is 9.63. The molecule has 0 bridgehead atoms. The van der Waals surface area contributed by atoms with Crippen LogP contribution >= 0.6 is 15.9 Å². The average molecular weight is 284 g/mol. The number of rotatable bonds is 6. The van der Waals surface area contributed by atoms with E-state index in [1.807, 2.05) is 12.1 Å². The predicted octanol–water partition coefficient (Wildman–Crippen LogP) is 3.18. The zero-order chi connectivity index (χ0) is 11.8. The molecule has 0 aliphatic rings. The number of unbranched alkanes of at least 4 members (excludes halogenated alkanes) is 1. The molecular formula is C13H18BrNO. The predicted molar refractivity (Wildman–Crippen MR) is 70.7 cm³/mol. The summed E-state index contributed by atoms with van der Waals surface area (Å²) in [7, 11) is 0. The summed E-state index contributed by atoms with van der Waals surface area (Å²) < 4.78 is 0. The number of hydrogen-bond acceptors (Lipinski definition) is 1. The fourth-order valence-corrected chi connectivity index (χ4v) is 1.89. The number of benzene rings is 1. The summed E-state index contributed by atoms with van der Waals surface area (Å²) in [5.41, 5.74) is 2.39. The molecule has 0 saturated carbocycles. The average Bonchev–Trinajstić information content (AvgIpc) is 2.27. The van der Waals surface area contributed by atoms with E-state index in [-0.39, 0.29) is 5.91 Å². The minimum absolute atomic E-state index is 0.141. The van der Waals surface area contributed by atoms with Crippen LogP contribution in [0.5, 0.6) is 0 Å². The number of alkyl halides is 1. The summed E-state index contributed by atoms with van der Waals surface area (Å²) in [6.07, 6.45) is 2.63. The lowest BCUT2D eigenvalue weighted by Crippen LogP contribution is -2.22. The Balaban J connectivity index is 2.26. The van der Waals surface area contributed by atoms with Gasteiger partial charge in [-0.25, -0.2) is 0 Å². The van der Waals surface area contributed by atoms with Crippen molar-refractivity contribution in [1.29, 1.82) is 0 Å². The quantitative estimate of drug-likeness (QED) is 0.631. The number of halogens is 1. The molecule has 16 heavy (non-hydrogen) atoms. The van der Waals surface area contributed by atoms with Crippen LogP contribution in [0.25, 0.3) is 0 Å². The van der Waals surface area contributed by atoms with E-state index in [9.17, 15) is 4.79 Å². The van der Waals surface area contributed by atoms with E-state index in [1.165, 1.54) is 5.56 Å². The molecule has 88 valence electrons. The van der Waals surface area contributed by atoms with Crippen molar-refractivity contribution in [1.82, 2.24) is 5.32 Å². The van der Waals surface area contributed by atoms with Gasteiger partial charge in [0.1, 0.15) is 0 Å². The summed E-state index contributed by atoms with van der Waals surface area (Å²) in [4.78, 5) is 11.4. The lowest BCUT2D eigenvalue weighted by atomic mass is 10.1. The van der Waals surface area contributed by atoms with E-state index in [1.54, 1.807) is 0 Å². The summed E-state index contributed by atoms with van der Waals surface area (Å²) in [6.45, 7) is 2.69. The molecule has 0 spiro atoms. The lowest BCUT2D eigenvalue weighted by Gasteiger charge is -2.05. The first-order chi connectivity index (χ1) is 7.72. The van der Waals surface area contributed by atoms with Crippen LogP contribution in [0.2, 0.25) is 0 Å². The maximum Gasteiger partial charge on any atom is 0.220 e. The maximum atomic E-state index is 11.4. The van der Waals surface area contributed by atoms with Gasteiger partial charge in [-0.05, 0) is 25.3 Å². The highest BCUT2D eigenvalue weighted by molar-refractivity contribution is 9.09. The van der Waals surface area contributed by atoms with Gasteiger partial charge in [-0.3, -0.25) is 4.79 Å². The van der Waals surface area contributed by atoms with Crippen LogP contribution in [-0.2, 0) is 11.3 Å². The summed E-state index contributed by atoms with van der Waals surface area (Å²) in [6, 6.07) is 8.20. The first-order valence-corrected chi connectivity index (χ1v) is 6.72.